The monoisotopic (exact) mass is 373 g/mol. The molecule has 2 aliphatic carbocycles. The molecule has 2 aliphatic rings. The van der Waals surface area contributed by atoms with Crippen LogP contribution in [0.1, 0.15) is 62.8 Å². The Bertz CT molecular complexity index is 428. The van der Waals surface area contributed by atoms with E-state index in [0.717, 1.165) is 17.8 Å². The highest BCUT2D eigenvalue weighted by Gasteiger charge is 2.39. The first kappa shape index (κ1) is 16.9. The summed E-state index contributed by atoms with van der Waals surface area (Å²) in [6.45, 7) is 2.66. The molecule has 1 aromatic rings. The maximum Gasteiger partial charge on any atom is 0.293 e. The number of rotatable bonds is 5. The molecule has 0 aliphatic heterocycles. The number of hydrogen-bond acceptors (Lipinski definition) is 4. The molecule has 3 nitrogen and oxygen atoms in total. The lowest BCUT2D eigenvalue weighted by atomic mass is 9.78. The van der Waals surface area contributed by atoms with Gasteiger partial charge in [-0.15, -0.1) is 11.3 Å². The van der Waals surface area contributed by atoms with Gasteiger partial charge < -0.3 is 4.74 Å². The zero-order chi connectivity index (χ0) is 15.1. The van der Waals surface area contributed by atoms with Gasteiger partial charge in [-0.25, -0.2) is 4.98 Å². The number of aromatic nitrogens is 1. The van der Waals surface area contributed by atoms with E-state index in [2.05, 4.69) is 25.7 Å². The molecule has 1 unspecified atom stereocenters. The Hall–Kier alpha value is -0.420. The minimum Gasteiger partial charge on any atom is -0.468 e. The van der Waals surface area contributed by atoms with Crippen LogP contribution >= 0.6 is 27.3 Å². The van der Waals surface area contributed by atoms with E-state index in [9.17, 15) is 4.79 Å². The maximum absolute atomic E-state index is 9.18. The van der Waals surface area contributed by atoms with Crippen LogP contribution in [-0.4, -0.2) is 18.1 Å². The van der Waals surface area contributed by atoms with Crippen molar-refractivity contribution in [3.8, 4) is 0 Å². The first-order chi connectivity index (χ1) is 10.3. The van der Waals surface area contributed by atoms with Crippen molar-refractivity contribution in [1.82, 2.24) is 4.98 Å². The summed E-state index contributed by atoms with van der Waals surface area (Å²) in [5.41, 5.74) is 0. The fourth-order valence-corrected chi connectivity index (χ4v) is 4.76. The smallest absolute Gasteiger partial charge is 0.293 e. The number of nitrogens with zero attached hydrogens (tertiary/aromatic N) is 1. The number of thiazole rings is 1. The van der Waals surface area contributed by atoms with Gasteiger partial charge in [0.15, 0.2) is 0 Å². The lowest BCUT2D eigenvalue weighted by Gasteiger charge is -2.29. The average Bonchev–Trinajstić information content (AvgIpc) is 3.24. The molecule has 0 bridgehead atoms. The Morgan fingerprint density at radius 2 is 2.00 bits per heavy atom. The van der Waals surface area contributed by atoms with Crippen LogP contribution in [0.5, 0.6) is 0 Å². The third-order valence-corrected chi connectivity index (χ3v) is 5.88. The van der Waals surface area contributed by atoms with E-state index in [1.54, 1.807) is 6.92 Å². The lowest BCUT2D eigenvalue weighted by molar-refractivity contribution is -0.128. The fourth-order valence-electron chi connectivity index (χ4n) is 3.23. The molecule has 1 aromatic heterocycles. The van der Waals surface area contributed by atoms with Gasteiger partial charge in [0, 0.05) is 5.92 Å². The van der Waals surface area contributed by atoms with Crippen molar-refractivity contribution in [3.63, 3.8) is 0 Å². The van der Waals surface area contributed by atoms with E-state index < -0.39 is 0 Å². The molecule has 0 radical (unpaired) electrons. The van der Waals surface area contributed by atoms with Crippen LogP contribution < -0.4 is 0 Å². The van der Waals surface area contributed by atoms with Crippen LogP contribution in [0.25, 0.3) is 0 Å². The van der Waals surface area contributed by atoms with E-state index in [1.807, 2.05) is 17.5 Å². The number of ether oxygens (including phenoxy) is 1. The highest BCUT2D eigenvalue weighted by atomic mass is 79.9. The van der Waals surface area contributed by atoms with E-state index in [-0.39, 0.29) is 0 Å². The Labute approximate surface area is 139 Å². The Morgan fingerprint density at radius 3 is 2.43 bits per heavy atom. The van der Waals surface area contributed by atoms with E-state index >= 15 is 0 Å². The molecule has 0 aromatic carbocycles. The number of hydrogen-bond donors (Lipinski definition) is 0. The van der Waals surface area contributed by atoms with Gasteiger partial charge in [-0.1, -0.05) is 19.3 Å². The van der Waals surface area contributed by atoms with Gasteiger partial charge in [-0.05, 0) is 60.4 Å². The number of halogens is 1. The van der Waals surface area contributed by atoms with Crippen LogP contribution in [0, 0.1) is 11.8 Å². The lowest BCUT2D eigenvalue weighted by Crippen LogP contribution is -2.17. The van der Waals surface area contributed by atoms with Crippen molar-refractivity contribution in [1.29, 1.82) is 0 Å². The highest BCUT2D eigenvalue weighted by Crippen LogP contribution is 2.51. The van der Waals surface area contributed by atoms with E-state index in [1.165, 1.54) is 53.7 Å². The molecule has 21 heavy (non-hydrogen) atoms. The first-order valence-electron chi connectivity index (χ1n) is 7.92. The second kappa shape index (κ2) is 8.89. The van der Waals surface area contributed by atoms with Gasteiger partial charge in [0.25, 0.3) is 6.47 Å². The third kappa shape index (κ3) is 5.37. The summed E-state index contributed by atoms with van der Waals surface area (Å²) in [6, 6.07) is 0. The van der Waals surface area contributed by atoms with E-state index in [0.29, 0.717) is 13.1 Å². The average molecular weight is 374 g/mol. The maximum atomic E-state index is 9.18. The fraction of sp³-hybridized carbons (Fsp3) is 0.750. The summed E-state index contributed by atoms with van der Waals surface area (Å²) >= 11 is 5.41. The summed E-state index contributed by atoms with van der Waals surface area (Å²) in [7, 11) is 0. The van der Waals surface area contributed by atoms with Crippen LogP contribution in [-0.2, 0) is 9.53 Å². The molecule has 5 heteroatoms. The SMILES string of the molecule is Brc1cnc(C(C2CCCCC2)C2CC2)s1.CCOC=O. The van der Waals surface area contributed by atoms with Crippen molar-refractivity contribution >= 4 is 33.7 Å². The second-order valence-corrected chi connectivity index (χ2v) is 8.26. The van der Waals surface area contributed by atoms with Crippen LogP contribution in [0.15, 0.2) is 9.98 Å². The predicted octanol–water partition coefficient (Wildman–Crippen LogP) is 5.16. The summed E-state index contributed by atoms with van der Waals surface area (Å²) in [5.74, 6) is 2.68. The van der Waals surface area contributed by atoms with Crippen molar-refractivity contribution in [3.05, 3.63) is 15.0 Å². The van der Waals surface area contributed by atoms with Gasteiger partial charge >= 0.3 is 0 Å². The number of carbonyl (C=O) groups is 1. The third-order valence-electron chi connectivity index (χ3n) is 4.30. The van der Waals surface area contributed by atoms with Gasteiger partial charge in [0.1, 0.15) is 0 Å². The largest absolute Gasteiger partial charge is 0.468 e. The summed E-state index contributed by atoms with van der Waals surface area (Å²) in [4.78, 5) is 13.8. The highest BCUT2D eigenvalue weighted by molar-refractivity contribution is 9.11. The zero-order valence-corrected chi connectivity index (χ0v) is 15.0. The van der Waals surface area contributed by atoms with Gasteiger partial charge in [0.05, 0.1) is 21.6 Å². The molecule has 0 saturated heterocycles. The number of carbonyl (C=O) groups excluding carboxylic acids is 1. The molecule has 118 valence electrons. The Morgan fingerprint density at radius 1 is 1.33 bits per heavy atom. The van der Waals surface area contributed by atoms with Crippen molar-refractivity contribution in [2.45, 2.75) is 57.8 Å². The molecular weight excluding hydrogens is 350 g/mol. The topological polar surface area (TPSA) is 39.2 Å². The zero-order valence-electron chi connectivity index (χ0n) is 12.6. The minimum atomic E-state index is 0.431. The predicted molar refractivity (Wildman–Crippen MR) is 89.5 cm³/mol. The minimum absolute atomic E-state index is 0.431. The van der Waals surface area contributed by atoms with Crippen molar-refractivity contribution in [2.24, 2.45) is 11.8 Å². The molecule has 1 heterocycles. The van der Waals surface area contributed by atoms with Crippen molar-refractivity contribution in [2.75, 3.05) is 6.61 Å². The normalized spacial score (nSPS) is 20.3. The standard InChI is InChI=1S/C13H18BrNS.C3H6O2/c14-11-8-15-13(16-11)12(10-6-7-10)9-4-2-1-3-5-9;1-2-5-3-4/h8-10,12H,1-7H2;3H,2H2,1H3. The van der Waals surface area contributed by atoms with Gasteiger partial charge in [-0.3, -0.25) is 4.79 Å². The van der Waals surface area contributed by atoms with Crippen LogP contribution in [0.3, 0.4) is 0 Å². The van der Waals surface area contributed by atoms with Crippen molar-refractivity contribution < 1.29 is 9.53 Å². The van der Waals surface area contributed by atoms with Gasteiger partial charge in [-0.2, -0.15) is 0 Å². The molecule has 0 N–H and O–H groups in total. The summed E-state index contributed by atoms with van der Waals surface area (Å²) in [5, 5.41) is 1.40. The molecule has 0 spiro atoms. The summed E-state index contributed by atoms with van der Waals surface area (Å²) in [6.07, 6.45) is 12.1. The quantitative estimate of drug-likeness (QED) is 0.669. The molecule has 2 saturated carbocycles. The first-order valence-corrected chi connectivity index (χ1v) is 9.53. The molecule has 1 atom stereocenters. The Balaban J connectivity index is 0.000000282. The molecular formula is C16H24BrNO2S. The summed E-state index contributed by atoms with van der Waals surface area (Å²) < 4.78 is 5.35. The molecule has 2 fully saturated rings. The molecule has 0 amide bonds. The van der Waals surface area contributed by atoms with E-state index in [4.69, 9.17) is 0 Å². The van der Waals surface area contributed by atoms with Gasteiger partial charge in [0.2, 0.25) is 0 Å². The van der Waals surface area contributed by atoms with Crippen LogP contribution in [0.4, 0.5) is 0 Å². The molecule has 3 rings (SSSR count). The Kier molecular flexibility index (Phi) is 7.17. The second-order valence-electron chi connectivity index (χ2n) is 5.82. The van der Waals surface area contributed by atoms with Crippen LogP contribution in [0.2, 0.25) is 0 Å².